The number of hydrogen-bond acceptors (Lipinski definition) is 3. The number of esters is 1. The molecule has 0 bridgehead atoms. The highest BCUT2D eigenvalue weighted by atomic mass is 16.5. The van der Waals surface area contributed by atoms with Gasteiger partial charge in [0, 0.05) is 12.3 Å². The largest absolute Gasteiger partial charge is 0.497 e. The number of ether oxygens (including phenoxy) is 2. The van der Waals surface area contributed by atoms with Gasteiger partial charge in [0.05, 0.1) is 7.11 Å². The lowest BCUT2D eigenvalue weighted by Crippen LogP contribution is -2.43. The number of benzene rings is 1. The molecular weight excluding hydrogens is 312 g/mol. The highest BCUT2D eigenvalue weighted by Gasteiger charge is 2.55. The lowest BCUT2D eigenvalue weighted by molar-refractivity contribution is -0.153. The fourth-order valence-electron chi connectivity index (χ4n) is 5.87. The molecule has 0 radical (unpaired) electrons. The van der Waals surface area contributed by atoms with Gasteiger partial charge in [0.25, 0.3) is 0 Å². The summed E-state index contributed by atoms with van der Waals surface area (Å²) in [5.41, 5.74) is 4.50. The van der Waals surface area contributed by atoms with Crippen LogP contribution < -0.4 is 4.74 Å². The molecule has 1 aromatic carbocycles. The van der Waals surface area contributed by atoms with E-state index in [-0.39, 0.29) is 17.5 Å². The molecule has 0 amide bonds. The van der Waals surface area contributed by atoms with Crippen LogP contribution in [0, 0.1) is 17.3 Å². The van der Waals surface area contributed by atoms with Crippen molar-refractivity contribution in [3.63, 3.8) is 0 Å². The van der Waals surface area contributed by atoms with Gasteiger partial charge < -0.3 is 9.47 Å². The minimum Gasteiger partial charge on any atom is -0.497 e. The van der Waals surface area contributed by atoms with Gasteiger partial charge in [-0.15, -0.1) is 0 Å². The predicted molar refractivity (Wildman–Crippen MR) is 98.4 cm³/mol. The molecule has 1 fully saturated rings. The van der Waals surface area contributed by atoms with E-state index < -0.39 is 0 Å². The van der Waals surface area contributed by atoms with Crippen molar-refractivity contribution in [1.29, 1.82) is 0 Å². The van der Waals surface area contributed by atoms with Gasteiger partial charge in [0.15, 0.2) is 0 Å². The second-order valence-corrected chi connectivity index (χ2v) is 7.90. The standard InChI is InChI=1S/C22H28O3/c1-4-22-12-11-18-17-8-6-16(24-3)13-15(17)5-7-19(18)20(22)9-10-21(22)25-14(2)23/h6,8,11,13,19-21H,4-5,7,9-10,12H2,1-3H3/t19-,20+,21+,22+/m1/s1. The molecule has 0 heterocycles. The molecule has 1 saturated carbocycles. The molecule has 3 aliphatic carbocycles. The molecule has 3 heteroatoms. The van der Waals surface area contributed by atoms with Crippen LogP contribution in [-0.2, 0) is 16.0 Å². The Balaban J connectivity index is 1.71. The molecule has 0 spiro atoms. The van der Waals surface area contributed by atoms with Gasteiger partial charge in [-0.25, -0.2) is 0 Å². The molecule has 4 rings (SSSR count). The highest BCUT2D eigenvalue weighted by Crippen LogP contribution is 2.60. The Bertz CT molecular complexity index is 720. The zero-order valence-corrected chi connectivity index (χ0v) is 15.5. The number of carbonyl (C=O) groups excluding carboxylic acids is 1. The van der Waals surface area contributed by atoms with Gasteiger partial charge >= 0.3 is 5.97 Å². The molecule has 0 aromatic heterocycles. The Kier molecular flexibility index (Phi) is 4.13. The molecule has 0 aliphatic heterocycles. The summed E-state index contributed by atoms with van der Waals surface area (Å²) >= 11 is 0. The normalized spacial score (nSPS) is 32.9. The second-order valence-electron chi connectivity index (χ2n) is 7.90. The minimum atomic E-state index is -0.130. The summed E-state index contributed by atoms with van der Waals surface area (Å²) < 4.78 is 11.2. The number of allylic oxidation sites excluding steroid dienone is 2. The summed E-state index contributed by atoms with van der Waals surface area (Å²) in [6, 6.07) is 6.52. The first-order valence-corrected chi connectivity index (χ1v) is 9.63. The zero-order chi connectivity index (χ0) is 17.6. The van der Waals surface area contributed by atoms with Crippen molar-refractivity contribution in [2.45, 2.75) is 58.5 Å². The minimum absolute atomic E-state index is 0.0927. The van der Waals surface area contributed by atoms with Gasteiger partial charge in [-0.1, -0.05) is 19.1 Å². The maximum Gasteiger partial charge on any atom is 0.302 e. The predicted octanol–water partition coefficient (Wildman–Crippen LogP) is 4.78. The Morgan fingerprint density at radius 2 is 2.12 bits per heavy atom. The Morgan fingerprint density at radius 3 is 2.84 bits per heavy atom. The van der Waals surface area contributed by atoms with Crippen LogP contribution in [0.5, 0.6) is 5.75 Å². The van der Waals surface area contributed by atoms with Gasteiger partial charge in [0.1, 0.15) is 11.9 Å². The average molecular weight is 340 g/mol. The smallest absolute Gasteiger partial charge is 0.302 e. The first-order valence-electron chi connectivity index (χ1n) is 9.63. The maximum absolute atomic E-state index is 11.6. The van der Waals surface area contributed by atoms with Gasteiger partial charge in [-0.2, -0.15) is 0 Å². The van der Waals surface area contributed by atoms with Crippen LogP contribution >= 0.6 is 0 Å². The average Bonchev–Trinajstić information content (AvgIpc) is 2.99. The van der Waals surface area contributed by atoms with Crippen molar-refractivity contribution >= 4 is 11.5 Å². The summed E-state index contributed by atoms with van der Waals surface area (Å²) in [5, 5.41) is 0. The third kappa shape index (κ3) is 2.51. The van der Waals surface area contributed by atoms with Crippen LogP contribution in [-0.4, -0.2) is 19.2 Å². The monoisotopic (exact) mass is 340 g/mol. The van der Waals surface area contributed by atoms with Crippen LogP contribution in [0.1, 0.15) is 57.1 Å². The quantitative estimate of drug-likeness (QED) is 0.743. The fraction of sp³-hybridized carbons (Fsp3) is 0.591. The Morgan fingerprint density at radius 1 is 1.28 bits per heavy atom. The lowest BCUT2D eigenvalue weighted by atomic mass is 9.58. The molecule has 3 aliphatic rings. The van der Waals surface area contributed by atoms with E-state index in [0.29, 0.717) is 11.8 Å². The molecule has 134 valence electrons. The molecule has 0 unspecified atom stereocenters. The van der Waals surface area contributed by atoms with Gasteiger partial charge in [-0.3, -0.25) is 4.79 Å². The van der Waals surface area contributed by atoms with Gasteiger partial charge in [-0.05, 0) is 79.2 Å². The first-order chi connectivity index (χ1) is 12.1. The van der Waals surface area contributed by atoms with Crippen molar-refractivity contribution in [1.82, 2.24) is 0 Å². The van der Waals surface area contributed by atoms with Crippen molar-refractivity contribution in [3.8, 4) is 5.75 Å². The molecule has 25 heavy (non-hydrogen) atoms. The van der Waals surface area contributed by atoms with Crippen molar-refractivity contribution < 1.29 is 14.3 Å². The molecule has 4 atom stereocenters. The third-order valence-corrected chi connectivity index (χ3v) is 7.02. The zero-order valence-electron chi connectivity index (χ0n) is 15.5. The van der Waals surface area contributed by atoms with Crippen molar-refractivity contribution in [2.24, 2.45) is 17.3 Å². The van der Waals surface area contributed by atoms with E-state index in [0.717, 1.165) is 31.4 Å². The van der Waals surface area contributed by atoms with E-state index in [1.54, 1.807) is 14.0 Å². The Labute approximate surface area is 150 Å². The topological polar surface area (TPSA) is 35.5 Å². The van der Waals surface area contributed by atoms with E-state index in [2.05, 4.69) is 31.2 Å². The first kappa shape index (κ1) is 16.7. The number of rotatable bonds is 3. The van der Waals surface area contributed by atoms with Crippen LogP contribution in [0.2, 0.25) is 0 Å². The van der Waals surface area contributed by atoms with E-state index in [1.807, 2.05) is 0 Å². The van der Waals surface area contributed by atoms with Crippen LogP contribution in [0.3, 0.4) is 0 Å². The van der Waals surface area contributed by atoms with Crippen molar-refractivity contribution in [2.75, 3.05) is 7.11 Å². The van der Waals surface area contributed by atoms with E-state index in [1.165, 1.54) is 29.5 Å². The second kappa shape index (κ2) is 6.19. The summed E-state index contributed by atoms with van der Waals surface area (Å²) in [7, 11) is 1.73. The number of hydrogen-bond donors (Lipinski definition) is 0. The Hall–Kier alpha value is -1.77. The van der Waals surface area contributed by atoms with E-state index >= 15 is 0 Å². The lowest BCUT2D eigenvalue weighted by Gasteiger charge is -2.47. The molecule has 0 N–H and O–H groups in total. The third-order valence-electron chi connectivity index (χ3n) is 7.02. The number of carbonyl (C=O) groups is 1. The maximum atomic E-state index is 11.6. The number of methoxy groups -OCH3 is 1. The van der Waals surface area contributed by atoms with Gasteiger partial charge in [0.2, 0.25) is 0 Å². The summed E-state index contributed by atoms with van der Waals surface area (Å²) in [5.74, 6) is 2.06. The fourth-order valence-corrected chi connectivity index (χ4v) is 5.87. The number of aryl methyl sites for hydroxylation is 1. The SMILES string of the molecule is CC[C@]12CC=C3c4ccc(OC)cc4CC[C@H]3[C@@H]1CC[C@@H]2OC(C)=O. The van der Waals surface area contributed by atoms with Crippen LogP contribution in [0.25, 0.3) is 5.57 Å². The van der Waals surface area contributed by atoms with Crippen LogP contribution in [0.15, 0.2) is 24.3 Å². The van der Waals surface area contributed by atoms with Crippen molar-refractivity contribution in [3.05, 3.63) is 35.4 Å². The molecular formula is C22H28O3. The number of fused-ring (bicyclic) bond motifs is 5. The van der Waals surface area contributed by atoms with Crippen LogP contribution in [0.4, 0.5) is 0 Å². The van der Waals surface area contributed by atoms with E-state index in [4.69, 9.17) is 9.47 Å². The highest BCUT2D eigenvalue weighted by molar-refractivity contribution is 5.74. The summed E-state index contributed by atoms with van der Waals surface area (Å²) in [6.45, 7) is 3.82. The van der Waals surface area contributed by atoms with E-state index in [9.17, 15) is 4.79 Å². The molecule has 3 nitrogen and oxygen atoms in total. The molecule has 0 saturated heterocycles. The summed E-state index contributed by atoms with van der Waals surface area (Å²) in [4.78, 5) is 11.6. The molecule has 1 aromatic rings. The summed E-state index contributed by atoms with van der Waals surface area (Å²) in [6.07, 6.45) is 9.18.